The zero-order chi connectivity index (χ0) is 20.9. The fourth-order valence-electron chi connectivity index (χ4n) is 3.88. The second-order valence-corrected chi connectivity index (χ2v) is 7.62. The first-order chi connectivity index (χ1) is 14.6. The maximum atomic E-state index is 13.5. The molecule has 1 aromatic heterocycles. The molecule has 0 aliphatic carbocycles. The predicted octanol–water partition coefficient (Wildman–Crippen LogP) is 4.49. The number of nitrogens with two attached hydrogens (primary N) is 1. The number of ether oxygens (including phenoxy) is 1. The monoisotopic (exact) mass is 405 g/mol. The van der Waals surface area contributed by atoms with Gasteiger partial charge < -0.3 is 10.5 Å². The van der Waals surface area contributed by atoms with Gasteiger partial charge in [0.25, 0.3) is 0 Å². The second kappa shape index (κ2) is 9.05. The number of hydrogen-bond acceptors (Lipinski definition) is 4. The Morgan fingerprint density at radius 3 is 2.70 bits per heavy atom. The number of hydrogen-bond donors (Lipinski definition) is 1. The lowest BCUT2D eigenvalue weighted by Gasteiger charge is -2.33. The van der Waals surface area contributed by atoms with Crippen molar-refractivity contribution in [3.8, 4) is 11.6 Å². The molecule has 1 atom stereocenters. The van der Waals surface area contributed by atoms with Crippen molar-refractivity contribution < 1.29 is 13.9 Å². The summed E-state index contributed by atoms with van der Waals surface area (Å²) in [6.45, 7) is 2.75. The molecule has 1 aliphatic rings. The van der Waals surface area contributed by atoms with Crippen molar-refractivity contribution in [2.24, 2.45) is 5.73 Å². The standard InChI is InChI=1S/C24H24FN3O2/c25-21-5-1-3-17(13-21)15-28-12-2-4-20(16-28)18-6-9-22(10-7-18)30-23-11-8-19(14-27-23)24(26)29/h1,3,5-11,13-14,20H,2,4,12,15-16H2,(H2,26,29). The summed E-state index contributed by atoms with van der Waals surface area (Å²) in [7, 11) is 0. The lowest BCUT2D eigenvalue weighted by molar-refractivity contribution is 0.1000. The van der Waals surface area contributed by atoms with E-state index in [1.54, 1.807) is 24.3 Å². The zero-order valence-corrected chi connectivity index (χ0v) is 16.6. The third-order valence-electron chi connectivity index (χ3n) is 5.40. The summed E-state index contributed by atoms with van der Waals surface area (Å²) in [6, 6.07) is 18.1. The third-order valence-corrected chi connectivity index (χ3v) is 5.40. The van der Waals surface area contributed by atoms with Crippen molar-refractivity contribution >= 4 is 5.91 Å². The first kappa shape index (κ1) is 20.0. The van der Waals surface area contributed by atoms with Crippen molar-refractivity contribution in [3.63, 3.8) is 0 Å². The average Bonchev–Trinajstić information content (AvgIpc) is 2.75. The Morgan fingerprint density at radius 1 is 1.17 bits per heavy atom. The molecule has 2 aromatic carbocycles. The van der Waals surface area contributed by atoms with Crippen LogP contribution in [0.5, 0.6) is 11.6 Å². The van der Waals surface area contributed by atoms with E-state index in [1.807, 2.05) is 18.2 Å². The molecular formula is C24H24FN3O2. The van der Waals surface area contributed by atoms with Gasteiger partial charge in [0.05, 0.1) is 5.56 Å². The van der Waals surface area contributed by atoms with Crippen LogP contribution in [-0.2, 0) is 6.54 Å². The molecule has 4 rings (SSSR count). The molecule has 1 fully saturated rings. The van der Waals surface area contributed by atoms with E-state index in [4.69, 9.17) is 10.5 Å². The third kappa shape index (κ3) is 5.02. The van der Waals surface area contributed by atoms with E-state index in [0.717, 1.165) is 38.0 Å². The first-order valence-corrected chi connectivity index (χ1v) is 10.1. The van der Waals surface area contributed by atoms with E-state index in [9.17, 15) is 9.18 Å². The van der Waals surface area contributed by atoms with Crippen LogP contribution in [0.1, 0.15) is 40.2 Å². The highest BCUT2D eigenvalue weighted by Gasteiger charge is 2.21. The van der Waals surface area contributed by atoms with Crippen LogP contribution >= 0.6 is 0 Å². The Morgan fingerprint density at radius 2 is 2.00 bits per heavy atom. The zero-order valence-electron chi connectivity index (χ0n) is 16.6. The molecule has 1 aliphatic heterocycles. The number of aromatic nitrogens is 1. The number of pyridine rings is 1. The maximum absolute atomic E-state index is 13.5. The van der Waals surface area contributed by atoms with Crippen LogP contribution in [0.4, 0.5) is 4.39 Å². The van der Waals surface area contributed by atoms with Gasteiger partial charge in [0.15, 0.2) is 0 Å². The van der Waals surface area contributed by atoms with E-state index in [-0.39, 0.29) is 5.82 Å². The Bertz CT molecular complexity index is 1010. The van der Waals surface area contributed by atoms with Crippen LogP contribution in [0.2, 0.25) is 0 Å². The topological polar surface area (TPSA) is 68.5 Å². The lowest BCUT2D eigenvalue weighted by atomic mass is 9.90. The molecule has 2 N–H and O–H groups in total. The summed E-state index contributed by atoms with van der Waals surface area (Å²) in [5, 5.41) is 0. The molecule has 30 heavy (non-hydrogen) atoms. The summed E-state index contributed by atoms with van der Waals surface area (Å²) in [6.07, 6.45) is 3.66. The van der Waals surface area contributed by atoms with Gasteiger partial charge in [0, 0.05) is 25.4 Å². The van der Waals surface area contributed by atoms with Crippen LogP contribution in [0.3, 0.4) is 0 Å². The summed E-state index contributed by atoms with van der Waals surface area (Å²) < 4.78 is 19.2. The molecule has 1 unspecified atom stereocenters. The van der Waals surface area contributed by atoms with E-state index in [2.05, 4.69) is 22.0 Å². The molecule has 3 aromatic rings. The van der Waals surface area contributed by atoms with Crippen molar-refractivity contribution in [2.75, 3.05) is 13.1 Å². The van der Waals surface area contributed by atoms with Gasteiger partial charge in [0.1, 0.15) is 11.6 Å². The minimum Gasteiger partial charge on any atom is -0.439 e. The lowest BCUT2D eigenvalue weighted by Crippen LogP contribution is -2.33. The minimum absolute atomic E-state index is 0.185. The van der Waals surface area contributed by atoms with Gasteiger partial charge in [-0.05, 0) is 66.8 Å². The Hall–Kier alpha value is -3.25. The number of carbonyl (C=O) groups excluding carboxylic acids is 1. The number of rotatable bonds is 6. The summed E-state index contributed by atoms with van der Waals surface area (Å²) in [5.41, 5.74) is 7.84. The van der Waals surface area contributed by atoms with E-state index in [0.29, 0.717) is 23.1 Å². The summed E-state index contributed by atoms with van der Waals surface area (Å²) in [4.78, 5) is 17.6. The van der Waals surface area contributed by atoms with Crippen molar-refractivity contribution in [2.45, 2.75) is 25.3 Å². The van der Waals surface area contributed by atoms with E-state index < -0.39 is 5.91 Å². The molecule has 0 radical (unpaired) electrons. The molecule has 1 saturated heterocycles. The number of carbonyl (C=O) groups is 1. The minimum atomic E-state index is -0.516. The van der Waals surface area contributed by atoms with Crippen molar-refractivity contribution in [1.82, 2.24) is 9.88 Å². The van der Waals surface area contributed by atoms with Gasteiger partial charge in [-0.1, -0.05) is 24.3 Å². The molecule has 154 valence electrons. The molecule has 0 spiro atoms. The van der Waals surface area contributed by atoms with Crippen LogP contribution < -0.4 is 10.5 Å². The highest BCUT2D eigenvalue weighted by atomic mass is 19.1. The van der Waals surface area contributed by atoms with Gasteiger partial charge in [-0.2, -0.15) is 0 Å². The van der Waals surface area contributed by atoms with Crippen LogP contribution in [0, 0.1) is 5.82 Å². The summed E-state index contributed by atoms with van der Waals surface area (Å²) in [5.74, 6) is 0.833. The second-order valence-electron chi connectivity index (χ2n) is 7.62. The molecule has 0 saturated carbocycles. The Balaban J connectivity index is 1.37. The Kier molecular flexibility index (Phi) is 6.05. The van der Waals surface area contributed by atoms with Crippen molar-refractivity contribution in [1.29, 1.82) is 0 Å². The predicted molar refractivity (Wildman–Crippen MR) is 113 cm³/mol. The van der Waals surface area contributed by atoms with E-state index in [1.165, 1.54) is 17.8 Å². The van der Waals surface area contributed by atoms with Gasteiger partial charge in [-0.3, -0.25) is 9.69 Å². The molecular weight excluding hydrogens is 381 g/mol. The number of nitrogens with zero attached hydrogens (tertiary/aromatic N) is 2. The molecule has 0 bridgehead atoms. The van der Waals surface area contributed by atoms with Gasteiger partial charge in [-0.15, -0.1) is 0 Å². The summed E-state index contributed by atoms with van der Waals surface area (Å²) >= 11 is 0. The maximum Gasteiger partial charge on any atom is 0.250 e. The molecule has 2 heterocycles. The molecule has 1 amide bonds. The largest absolute Gasteiger partial charge is 0.439 e. The van der Waals surface area contributed by atoms with Crippen molar-refractivity contribution in [3.05, 3.63) is 89.4 Å². The SMILES string of the molecule is NC(=O)c1ccc(Oc2ccc(C3CCCN(Cc4cccc(F)c4)C3)cc2)nc1. The smallest absolute Gasteiger partial charge is 0.250 e. The number of halogens is 1. The highest BCUT2D eigenvalue weighted by molar-refractivity contribution is 5.92. The van der Waals surface area contributed by atoms with Crippen LogP contribution in [0.25, 0.3) is 0 Å². The number of benzene rings is 2. The Labute approximate surface area is 175 Å². The number of likely N-dealkylation sites (tertiary alicyclic amines) is 1. The number of amides is 1. The quantitative estimate of drug-likeness (QED) is 0.656. The number of primary amides is 1. The van der Waals surface area contributed by atoms with E-state index >= 15 is 0 Å². The molecule has 6 heteroatoms. The number of piperidine rings is 1. The fourth-order valence-corrected chi connectivity index (χ4v) is 3.88. The van der Waals surface area contributed by atoms with Gasteiger partial charge >= 0.3 is 0 Å². The highest BCUT2D eigenvalue weighted by Crippen LogP contribution is 2.30. The van der Waals surface area contributed by atoms with Crippen LogP contribution in [0.15, 0.2) is 66.9 Å². The normalized spacial score (nSPS) is 16.9. The van der Waals surface area contributed by atoms with Gasteiger partial charge in [0.2, 0.25) is 11.8 Å². The first-order valence-electron chi connectivity index (χ1n) is 10.1. The fraction of sp³-hybridized carbons (Fsp3) is 0.250. The van der Waals surface area contributed by atoms with Gasteiger partial charge in [-0.25, -0.2) is 9.37 Å². The average molecular weight is 405 g/mol. The molecule has 5 nitrogen and oxygen atoms in total. The van der Waals surface area contributed by atoms with Crippen LogP contribution in [-0.4, -0.2) is 28.9 Å².